The Morgan fingerprint density at radius 3 is 2.53 bits per heavy atom. The van der Waals surface area contributed by atoms with Gasteiger partial charge in [-0.05, 0) is 49.8 Å². The summed E-state index contributed by atoms with van der Waals surface area (Å²) in [6.45, 7) is 6.33. The molecular weight excluding hydrogens is 499 g/mol. The molecule has 1 amide bonds. The molecule has 1 aliphatic heterocycles. The van der Waals surface area contributed by atoms with Crippen LogP contribution in [0, 0.1) is 5.92 Å². The van der Waals surface area contributed by atoms with Crippen LogP contribution in [0.3, 0.4) is 0 Å². The molecule has 30 heavy (non-hydrogen) atoms. The first-order valence-electron chi connectivity index (χ1n) is 10.2. The van der Waals surface area contributed by atoms with Crippen LogP contribution in [0.25, 0.3) is 0 Å². The van der Waals surface area contributed by atoms with Crippen molar-refractivity contribution < 1.29 is 19.0 Å². The van der Waals surface area contributed by atoms with E-state index in [0.717, 1.165) is 30.8 Å². The number of nitrogens with two attached hydrogens (primary N) is 1. The number of carbonyl (C=O) groups is 1. The van der Waals surface area contributed by atoms with Crippen molar-refractivity contribution >= 4 is 36.0 Å². The first-order chi connectivity index (χ1) is 14.0. The Morgan fingerprint density at radius 2 is 1.93 bits per heavy atom. The number of ether oxygens (including phenoxy) is 3. The lowest BCUT2D eigenvalue weighted by Gasteiger charge is -2.31. The smallest absolute Gasteiger partial charge is 0.409 e. The van der Waals surface area contributed by atoms with Gasteiger partial charge in [-0.15, -0.1) is 24.0 Å². The highest BCUT2D eigenvalue weighted by molar-refractivity contribution is 14.0. The Morgan fingerprint density at radius 1 is 1.27 bits per heavy atom. The molecule has 1 aliphatic rings. The van der Waals surface area contributed by atoms with Crippen molar-refractivity contribution in [3.63, 3.8) is 0 Å². The third kappa shape index (κ3) is 8.08. The summed E-state index contributed by atoms with van der Waals surface area (Å²) in [5.74, 6) is 2.25. The fourth-order valence-electron chi connectivity index (χ4n) is 3.40. The average molecular weight is 534 g/mol. The Labute approximate surface area is 196 Å². The number of methoxy groups -OCH3 is 2. The van der Waals surface area contributed by atoms with Crippen molar-refractivity contribution in [2.45, 2.75) is 39.2 Å². The van der Waals surface area contributed by atoms with Crippen LogP contribution in [-0.2, 0) is 11.2 Å². The molecule has 9 heteroatoms. The molecule has 1 saturated heterocycles. The van der Waals surface area contributed by atoms with Gasteiger partial charge < -0.3 is 30.2 Å². The molecule has 1 atom stereocenters. The Bertz CT molecular complexity index is 694. The summed E-state index contributed by atoms with van der Waals surface area (Å²) in [5, 5.41) is 3.28. The maximum atomic E-state index is 11.8. The molecule has 8 nitrogen and oxygen atoms in total. The number of aliphatic imine (C=N–C) groups is 1. The van der Waals surface area contributed by atoms with Gasteiger partial charge in [0.1, 0.15) is 0 Å². The lowest BCUT2D eigenvalue weighted by molar-refractivity contribution is 0.0963. The summed E-state index contributed by atoms with van der Waals surface area (Å²) in [5.41, 5.74) is 7.24. The van der Waals surface area contributed by atoms with Crippen LogP contribution in [0.2, 0.25) is 0 Å². The molecule has 1 heterocycles. The minimum Gasteiger partial charge on any atom is -0.493 e. The summed E-state index contributed by atoms with van der Waals surface area (Å²) in [4.78, 5) is 18.0. The van der Waals surface area contributed by atoms with Crippen LogP contribution >= 0.6 is 24.0 Å². The minimum absolute atomic E-state index is 0. The largest absolute Gasteiger partial charge is 0.493 e. The lowest BCUT2D eigenvalue weighted by atomic mass is 10.0. The number of rotatable bonds is 8. The topological polar surface area (TPSA) is 98.4 Å². The summed E-state index contributed by atoms with van der Waals surface area (Å²) in [7, 11) is 3.27. The second-order valence-electron chi connectivity index (χ2n) is 7.33. The minimum atomic E-state index is -0.239. The highest BCUT2D eigenvalue weighted by atomic mass is 127. The van der Waals surface area contributed by atoms with Crippen molar-refractivity contribution in [3.05, 3.63) is 23.8 Å². The van der Waals surface area contributed by atoms with Gasteiger partial charge in [0.2, 0.25) is 0 Å². The van der Waals surface area contributed by atoms with E-state index in [0.29, 0.717) is 38.1 Å². The van der Waals surface area contributed by atoms with E-state index in [2.05, 4.69) is 17.2 Å². The SMILES string of the molecule is CCOC(=O)N1CCC(NC(N)=NCC(C)Cc2ccc(OC)c(OC)c2)CC1.I. The number of piperidine rings is 1. The molecule has 170 valence electrons. The Kier molecular flexibility index (Phi) is 11.7. The number of nitrogens with zero attached hydrogens (tertiary/aromatic N) is 2. The van der Waals surface area contributed by atoms with Gasteiger partial charge in [-0.25, -0.2) is 4.79 Å². The van der Waals surface area contributed by atoms with E-state index in [-0.39, 0.29) is 36.1 Å². The van der Waals surface area contributed by atoms with Crippen LogP contribution in [0.5, 0.6) is 11.5 Å². The van der Waals surface area contributed by atoms with E-state index in [1.54, 1.807) is 19.1 Å². The predicted octanol–water partition coefficient (Wildman–Crippen LogP) is 3.03. The van der Waals surface area contributed by atoms with Gasteiger partial charge in [0.15, 0.2) is 17.5 Å². The van der Waals surface area contributed by atoms with E-state index in [9.17, 15) is 4.79 Å². The van der Waals surface area contributed by atoms with Crippen molar-refractivity contribution in [1.29, 1.82) is 0 Å². The number of carbonyl (C=O) groups excluding carboxylic acids is 1. The summed E-state index contributed by atoms with van der Waals surface area (Å²) >= 11 is 0. The third-order valence-corrected chi connectivity index (χ3v) is 4.98. The van der Waals surface area contributed by atoms with Crippen LogP contribution < -0.4 is 20.5 Å². The van der Waals surface area contributed by atoms with Crippen LogP contribution in [0.1, 0.15) is 32.3 Å². The van der Waals surface area contributed by atoms with Gasteiger partial charge in [0.25, 0.3) is 0 Å². The molecule has 1 fully saturated rings. The highest BCUT2D eigenvalue weighted by Crippen LogP contribution is 2.28. The summed E-state index contributed by atoms with van der Waals surface area (Å²) in [6.07, 6.45) is 2.29. The monoisotopic (exact) mass is 534 g/mol. The number of nitrogens with one attached hydrogen (secondary N) is 1. The van der Waals surface area contributed by atoms with Gasteiger partial charge in [-0.2, -0.15) is 0 Å². The summed E-state index contributed by atoms with van der Waals surface area (Å²) in [6, 6.07) is 6.19. The zero-order chi connectivity index (χ0) is 21.2. The van der Waals surface area contributed by atoms with Gasteiger partial charge in [-0.3, -0.25) is 4.99 Å². The van der Waals surface area contributed by atoms with E-state index in [1.807, 2.05) is 25.1 Å². The van der Waals surface area contributed by atoms with Gasteiger partial charge >= 0.3 is 6.09 Å². The zero-order valence-electron chi connectivity index (χ0n) is 18.3. The van der Waals surface area contributed by atoms with Crippen molar-refractivity contribution in [1.82, 2.24) is 10.2 Å². The quantitative estimate of drug-likeness (QED) is 0.302. The van der Waals surface area contributed by atoms with E-state index in [1.165, 1.54) is 5.56 Å². The normalized spacial score (nSPS) is 15.7. The number of benzene rings is 1. The van der Waals surface area contributed by atoms with Gasteiger partial charge in [0.05, 0.1) is 20.8 Å². The molecular formula is C21H35IN4O4. The molecule has 0 saturated carbocycles. The fourth-order valence-corrected chi connectivity index (χ4v) is 3.40. The van der Waals surface area contributed by atoms with Crippen molar-refractivity contribution in [2.24, 2.45) is 16.6 Å². The van der Waals surface area contributed by atoms with Crippen molar-refractivity contribution in [3.8, 4) is 11.5 Å². The molecule has 0 aromatic heterocycles. The molecule has 2 rings (SSSR count). The molecule has 1 aromatic rings. The predicted molar refractivity (Wildman–Crippen MR) is 129 cm³/mol. The van der Waals surface area contributed by atoms with Crippen LogP contribution in [0.4, 0.5) is 4.79 Å². The van der Waals surface area contributed by atoms with Crippen molar-refractivity contribution in [2.75, 3.05) is 40.5 Å². The number of halogens is 1. The molecule has 0 radical (unpaired) electrons. The maximum absolute atomic E-state index is 11.8. The number of guanidine groups is 1. The molecule has 0 bridgehead atoms. The number of amides is 1. The van der Waals surface area contributed by atoms with Gasteiger partial charge in [-0.1, -0.05) is 13.0 Å². The Balaban J connectivity index is 0.00000450. The summed E-state index contributed by atoms with van der Waals surface area (Å²) < 4.78 is 15.7. The number of hydrogen-bond donors (Lipinski definition) is 2. The zero-order valence-corrected chi connectivity index (χ0v) is 20.7. The number of likely N-dealkylation sites (tertiary alicyclic amines) is 1. The molecule has 1 unspecified atom stereocenters. The maximum Gasteiger partial charge on any atom is 0.409 e. The molecule has 0 aliphatic carbocycles. The molecule has 3 N–H and O–H groups in total. The van der Waals surface area contributed by atoms with E-state index >= 15 is 0 Å². The molecule has 1 aromatic carbocycles. The van der Waals surface area contributed by atoms with Gasteiger partial charge in [0, 0.05) is 25.7 Å². The van der Waals surface area contributed by atoms with E-state index in [4.69, 9.17) is 19.9 Å². The highest BCUT2D eigenvalue weighted by Gasteiger charge is 2.23. The average Bonchev–Trinajstić information content (AvgIpc) is 2.73. The number of hydrogen-bond acceptors (Lipinski definition) is 5. The standard InChI is InChI=1S/C21H34N4O4.HI/c1-5-29-21(26)25-10-8-17(9-11-25)24-20(22)23-14-15(2)12-16-6-7-18(27-3)19(13-16)28-4;/h6-7,13,15,17H,5,8-12,14H2,1-4H3,(H3,22,23,24);1H. The molecule has 0 spiro atoms. The third-order valence-electron chi connectivity index (χ3n) is 4.98. The Hall–Kier alpha value is -1.91. The van der Waals surface area contributed by atoms with Crippen LogP contribution in [-0.4, -0.2) is 63.5 Å². The second-order valence-corrected chi connectivity index (χ2v) is 7.33. The first kappa shape index (κ1) is 26.1. The lowest BCUT2D eigenvalue weighted by Crippen LogP contribution is -2.48. The fraction of sp³-hybridized carbons (Fsp3) is 0.619. The second kappa shape index (κ2) is 13.4. The van der Waals surface area contributed by atoms with E-state index < -0.39 is 0 Å². The van der Waals surface area contributed by atoms with Crippen LogP contribution in [0.15, 0.2) is 23.2 Å². The first-order valence-corrected chi connectivity index (χ1v) is 10.2.